The van der Waals surface area contributed by atoms with E-state index < -0.39 is 0 Å². The Hall–Kier alpha value is -1.06. The van der Waals surface area contributed by atoms with Crippen molar-refractivity contribution in [3.05, 3.63) is 29.8 Å². The van der Waals surface area contributed by atoms with Crippen molar-refractivity contribution in [2.24, 2.45) is 5.92 Å². The summed E-state index contributed by atoms with van der Waals surface area (Å²) >= 11 is 0. The van der Waals surface area contributed by atoms with Crippen LogP contribution >= 0.6 is 0 Å². The molecular weight excluding hydrogens is 250 g/mol. The summed E-state index contributed by atoms with van der Waals surface area (Å²) in [5.41, 5.74) is 1.09. The molecule has 1 fully saturated rings. The molecule has 0 spiro atoms. The zero-order valence-corrected chi connectivity index (χ0v) is 12.5. The fraction of sp³-hybridized carbons (Fsp3) is 0.647. The molecule has 110 valence electrons. The molecule has 0 amide bonds. The summed E-state index contributed by atoms with van der Waals surface area (Å²) in [5.74, 6) is 1.87. The second-order valence-corrected chi connectivity index (χ2v) is 6.50. The van der Waals surface area contributed by atoms with E-state index in [0.29, 0.717) is 0 Å². The lowest BCUT2D eigenvalue weighted by Gasteiger charge is -2.27. The van der Waals surface area contributed by atoms with Gasteiger partial charge >= 0.3 is 0 Å². The van der Waals surface area contributed by atoms with E-state index >= 15 is 0 Å². The summed E-state index contributed by atoms with van der Waals surface area (Å²) < 4.78 is 11.7. The van der Waals surface area contributed by atoms with Crippen LogP contribution in [-0.2, 0) is 4.74 Å². The minimum atomic E-state index is -0.182. The van der Waals surface area contributed by atoms with Crippen molar-refractivity contribution in [1.82, 2.24) is 5.32 Å². The van der Waals surface area contributed by atoms with Gasteiger partial charge in [0.05, 0.1) is 6.04 Å². The Morgan fingerprint density at radius 3 is 2.90 bits per heavy atom. The fourth-order valence-corrected chi connectivity index (χ4v) is 2.84. The fourth-order valence-electron chi connectivity index (χ4n) is 2.84. The largest absolute Gasteiger partial charge is 0.486 e. The minimum absolute atomic E-state index is 0.182. The molecule has 3 nitrogen and oxygen atoms in total. The Labute approximate surface area is 121 Å². The van der Waals surface area contributed by atoms with E-state index in [1.807, 2.05) is 6.07 Å². The van der Waals surface area contributed by atoms with E-state index in [-0.39, 0.29) is 11.6 Å². The van der Waals surface area contributed by atoms with Crippen LogP contribution in [0.25, 0.3) is 0 Å². The number of benzene rings is 1. The summed E-state index contributed by atoms with van der Waals surface area (Å²) in [6.07, 6.45) is 3.78. The summed E-state index contributed by atoms with van der Waals surface area (Å²) in [5, 5.41) is 3.63. The van der Waals surface area contributed by atoms with Crippen LogP contribution in [0, 0.1) is 5.92 Å². The molecule has 0 aromatic heterocycles. The number of rotatable bonds is 7. The molecule has 1 aliphatic heterocycles. The molecule has 20 heavy (non-hydrogen) atoms. The van der Waals surface area contributed by atoms with Gasteiger partial charge in [-0.25, -0.2) is 0 Å². The number of ether oxygens (including phenoxy) is 2. The van der Waals surface area contributed by atoms with Gasteiger partial charge in [-0.15, -0.1) is 0 Å². The molecule has 1 saturated carbocycles. The molecule has 0 radical (unpaired) electrons. The van der Waals surface area contributed by atoms with E-state index in [0.717, 1.165) is 37.8 Å². The normalized spacial score (nSPS) is 23.4. The van der Waals surface area contributed by atoms with Gasteiger partial charge in [0.2, 0.25) is 0 Å². The highest BCUT2D eigenvalue weighted by atomic mass is 16.5. The Kier molecular flexibility index (Phi) is 3.99. The topological polar surface area (TPSA) is 30.5 Å². The van der Waals surface area contributed by atoms with Gasteiger partial charge in [0, 0.05) is 18.8 Å². The molecule has 1 aromatic rings. The first-order valence-electron chi connectivity index (χ1n) is 7.76. The molecule has 1 heterocycles. The van der Waals surface area contributed by atoms with E-state index in [1.165, 1.54) is 18.4 Å². The standard InChI is InChI=1S/C17H25NO2/c1-17(2)16(14-6-3-4-7-15(14)20-17)18-10-5-11-19-12-13-8-9-13/h3-4,6-7,13,16,18H,5,8-12H2,1-2H3. The van der Waals surface area contributed by atoms with Gasteiger partial charge in [-0.1, -0.05) is 18.2 Å². The number of para-hydroxylation sites is 1. The molecule has 1 N–H and O–H groups in total. The number of hydrogen-bond acceptors (Lipinski definition) is 3. The van der Waals surface area contributed by atoms with E-state index in [4.69, 9.17) is 9.47 Å². The average molecular weight is 275 g/mol. The van der Waals surface area contributed by atoms with Crippen LogP contribution in [0.2, 0.25) is 0 Å². The molecule has 3 rings (SSSR count). The van der Waals surface area contributed by atoms with Crippen LogP contribution in [0.5, 0.6) is 5.75 Å². The maximum absolute atomic E-state index is 6.03. The smallest absolute Gasteiger partial charge is 0.125 e. The maximum atomic E-state index is 6.03. The molecule has 2 aliphatic rings. The first kappa shape index (κ1) is 13.9. The van der Waals surface area contributed by atoms with Crippen molar-refractivity contribution >= 4 is 0 Å². The SMILES string of the molecule is CC1(C)Oc2ccccc2C1NCCCOCC1CC1. The molecule has 1 aliphatic carbocycles. The number of nitrogens with one attached hydrogen (secondary N) is 1. The second kappa shape index (κ2) is 5.74. The third kappa shape index (κ3) is 3.15. The van der Waals surface area contributed by atoms with Gasteiger partial charge in [-0.3, -0.25) is 0 Å². The van der Waals surface area contributed by atoms with Crippen molar-refractivity contribution in [2.75, 3.05) is 19.8 Å². The molecule has 3 heteroatoms. The van der Waals surface area contributed by atoms with Crippen LogP contribution in [0.1, 0.15) is 44.7 Å². The minimum Gasteiger partial charge on any atom is -0.486 e. The molecule has 1 atom stereocenters. The number of hydrogen-bond donors (Lipinski definition) is 1. The lowest BCUT2D eigenvalue weighted by molar-refractivity contribution is 0.0911. The zero-order chi connectivity index (χ0) is 14.0. The Balaban J connectivity index is 1.46. The quantitative estimate of drug-likeness (QED) is 0.774. The van der Waals surface area contributed by atoms with Crippen molar-refractivity contribution in [3.8, 4) is 5.75 Å². The summed E-state index contributed by atoms with van der Waals surface area (Å²) in [6.45, 7) is 7.08. The van der Waals surface area contributed by atoms with Crippen LogP contribution in [0.3, 0.4) is 0 Å². The monoisotopic (exact) mass is 275 g/mol. The lowest BCUT2D eigenvalue weighted by Crippen LogP contribution is -2.39. The molecule has 1 aromatic carbocycles. The van der Waals surface area contributed by atoms with Crippen LogP contribution < -0.4 is 10.1 Å². The van der Waals surface area contributed by atoms with Crippen LogP contribution in [0.4, 0.5) is 0 Å². The second-order valence-electron chi connectivity index (χ2n) is 6.50. The Bertz CT molecular complexity index is 454. The maximum Gasteiger partial charge on any atom is 0.125 e. The van der Waals surface area contributed by atoms with Crippen LogP contribution in [0.15, 0.2) is 24.3 Å². The van der Waals surface area contributed by atoms with Crippen molar-refractivity contribution in [2.45, 2.75) is 44.8 Å². The van der Waals surface area contributed by atoms with Gasteiger partial charge in [0.25, 0.3) is 0 Å². The molecule has 0 bridgehead atoms. The lowest BCUT2D eigenvalue weighted by atomic mass is 9.94. The zero-order valence-electron chi connectivity index (χ0n) is 12.5. The van der Waals surface area contributed by atoms with Crippen molar-refractivity contribution in [3.63, 3.8) is 0 Å². The van der Waals surface area contributed by atoms with Gasteiger partial charge in [0.1, 0.15) is 11.4 Å². The van der Waals surface area contributed by atoms with Crippen LogP contribution in [-0.4, -0.2) is 25.4 Å². The van der Waals surface area contributed by atoms with E-state index in [1.54, 1.807) is 0 Å². The first-order valence-corrected chi connectivity index (χ1v) is 7.76. The summed E-state index contributed by atoms with van der Waals surface area (Å²) in [4.78, 5) is 0. The third-order valence-corrected chi connectivity index (χ3v) is 4.16. The highest BCUT2D eigenvalue weighted by Gasteiger charge is 2.40. The average Bonchev–Trinajstić information content (AvgIpc) is 3.18. The van der Waals surface area contributed by atoms with Crippen molar-refractivity contribution < 1.29 is 9.47 Å². The number of fused-ring (bicyclic) bond motifs is 1. The van der Waals surface area contributed by atoms with E-state index in [2.05, 4.69) is 37.4 Å². The summed E-state index contributed by atoms with van der Waals surface area (Å²) in [7, 11) is 0. The first-order chi connectivity index (χ1) is 9.67. The third-order valence-electron chi connectivity index (χ3n) is 4.16. The molecular formula is C17H25NO2. The Morgan fingerprint density at radius 1 is 1.30 bits per heavy atom. The van der Waals surface area contributed by atoms with E-state index in [9.17, 15) is 0 Å². The van der Waals surface area contributed by atoms with Gasteiger partial charge in [0.15, 0.2) is 0 Å². The van der Waals surface area contributed by atoms with Gasteiger partial charge in [-0.05, 0) is 51.6 Å². The summed E-state index contributed by atoms with van der Waals surface area (Å²) in [6, 6.07) is 8.59. The highest BCUT2D eigenvalue weighted by Crippen LogP contribution is 2.42. The molecule has 1 unspecified atom stereocenters. The van der Waals surface area contributed by atoms with Crippen molar-refractivity contribution in [1.29, 1.82) is 0 Å². The highest BCUT2D eigenvalue weighted by molar-refractivity contribution is 5.42. The molecule has 0 saturated heterocycles. The van der Waals surface area contributed by atoms with Gasteiger partial charge in [-0.2, -0.15) is 0 Å². The Morgan fingerprint density at radius 2 is 2.10 bits per heavy atom. The predicted octanol–water partition coefficient (Wildman–Crippen LogP) is 3.31. The predicted molar refractivity (Wildman–Crippen MR) is 80.1 cm³/mol. The van der Waals surface area contributed by atoms with Gasteiger partial charge < -0.3 is 14.8 Å².